The molecule has 2 aromatic rings. The average molecular weight is 404 g/mol. The third kappa shape index (κ3) is 3.95. The van der Waals surface area contributed by atoms with E-state index < -0.39 is 0 Å². The number of ketones is 1. The number of thioether (sulfide) groups is 1. The fourth-order valence-electron chi connectivity index (χ4n) is 3.22. The van der Waals surface area contributed by atoms with Crippen molar-refractivity contribution in [3.63, 3.8) is 0 Å². The van der Waals surface area contributed by atoms with Gasteiger partial charge in [-0.1, -0.05) is 11.8 Å². The summed E-state index contributed by atoms with van der Waals surface area (Å²) in [5, 5.41) is 9.60. The number of anilines is 1. The summed E-state index contributed by atoms with van der Waals surface area (Å²) in [7, 11) is 3.14. The summed E-state index contributed by atoms with van der Waals surface area (Å²) >= 11 is 1.44. The van der Waals surface area contributed by atoms with Crippen molar-refractivity contribution >= 4 is 23.5 Å². The highest BCUT2D eigenvalue weighted by atomic mass is 32.2. The van der Waals surface area contributed by atoms with Crippen molar-refractivity contribution in [3.8, 4) is 11.5 Å². The van der Waals surface area contributed by atoms with Gasteiger partial charge in [0.1, 0.15) is 0 Å². The van der Waals surface area contributed by atoms with E-state index >= 15 is 0 Å². The zero-order valence-corrected chi connectivity index (χ0v) is 16.9. The number of carbonyl (C=O) groups excluding carboxylic acids is 1. The first-order chi connectivity index (χ1) is 13.7. The number of nitrogens with zero attached hydrogens (tertiary/aromatic N) is 4. The van der Waals surface area contributed by atoms with Gasteiger partial charge in [-0.05, 0) is 31.0 Å². The number of Topliss-reactive ketones (excluding diaryl/α,β-unsaturated/α-hetero) is 1. The van der Waals surface area contributed by atoms with Crippen LogP contribution in [0.2, 0.25) is 0 Å². The molecule has 1 aliphatic carbocycles. The molecule has 1 aliphatic heterocycles. The van der Waals surface area contributed by atoms with E-state index in [0.29, 0.717) is 42.1 Å². The van der Waals surface area contributed by atoms with Crippen molar-refractivity contribution in [2.24, 2.45) is 0 Å². The average Bonchev–Trinajstić information content (AvgIpc) is 3.50. The van der Waals surface area contributed by atoms with Crippen LogP contribution in [0.4, 0.5) is 5.95 Å². The highest BCUT2D eigenvalue weighted by Gasteiger charge is 2.32. The topological polar surface area (TPSA) is 78.7 Å². The van der Waals surface area contributed by atoms with Crippen LogP contribution in [0, 0.1) is 0 Å². The number of ether oxygens (including phenoxy) is 3. The Labute approximate surface area is 168 Å². The summed E-state index contributed by atoms with van der Waals surface area (Å²) in [6.45, 7) is 3.05. The molecule has 1 saturated carbocycles. The van der Waals surface area contributed by atoms with Crippen LogP contribution in [0.15, 0.2) is 23.4 Å². The lowest BCUT2D eigenvalue weighted by molar-refractivity contribution is 0.102. The van der Waals surface area contributed by atoms with E-state index in [2.05, 4.69) is 19.7 Å². The number of carbonyl (C=O) groups is 1. The molecule has 0 radical (unpaired) electrons. The summed E-state index contributed by atoms with van der Waals surface area (Å²) in [5.41, 5.74) is 0.594. The first kappa shape index (κ1) is 19.1. The molecule has 2 aliphatic rings. The van der Waals surface area contributed by atoms with E-state index in [1.165, 1.54) is 11.8 Å². The highest BCUT2D eigenvalue weighted by Crippen LogP contribution is 2.41. The number of morpholine rings is 1. The number of benzene rings is 1. The third-order valence-corrected chi connectivity index (χ3v) is 5.83. The van der Waals surface area contributed by atoms with Gasteiger partial charge in [0.05, 0.1) is 33.2 Å². The number of rotatable bonds is 8. The van der Waals surface area contributed by atoms with Gasteiger partial charge in [-0.15, -0.1) is 10.2 Å². The predicted octanol–water partition coefficient (Wildman–Crippen LogP) is 2.44. The molecule has 2 fully saturated rings. The molecule has 2 heterocycles. The molecule has 1 aromatic heterocycles. The number of methoxy groups -OCH3 is 2. The van der Waals surface area contributed by atoms with Crippen LogP contribution < -0.4 is 14.4 Å². The molecule has 8 nitrogen and oxygen atoms in total. The summed E-state index contributed by atoms with van der Waals surface area (Å²) < 4.78 is 18.2. The molecular weight excluding hydrogens is 380 g/mol. The van der Waals surface area contributed by atoms with E-state index in [9.17, 15) is 4.79 Å². The Bertz CT molecular complexity index is 846. The Morgan fingerprint density at radius 2 is 1.93 bits per heavy atom. The van der Waals surface area contributed by atoms with Gasteiger partial charge in [0.15, 0.2) is 22.4 Å². The Balaban J connectivity index is 1.47. The van der Waals surface area contributed by atoms with Crippen molar-refractivity contribution in [1.82, 2.24) is 14.8 Å². The van der Waals surface area contributed by atoms with Gasteiger partial charge in [0.25, 0.3) is 0 Å². The van der Waals surface area contributed by atoms with Crippen LogP contribution >= 0.6 is 11.8 Å². The van der Waals surface area contributed by atoms with Crippen molar-refractivity contribution in [2.75, 3.05) is 51.2 Å². The molecule has 0 atom stereocenters. The van der Waals surface area contributed by atoms with Crippen molar-refractivity contribution in [1.29, 1.82) is 0 Å². The largest absolute Gasteiger partial charge is 0.493 e. The summed E-state index contributed by atoms with van der Waals surface area (Å²) in [4.78, 5) is 14.9. The van der Waals surface area contributed by atoms with E-state index in [1.54, 1.807) is 32.4 Å². The maximum Gasteiger partial charge on any atom is 0.228 e. The molecule has 0 amide bonds. The zero-order chi connectivity index (χ0) is 19.5. The quantitative estimate of drug-likeness (QED) is 0.490. The summed E-state index contributed by atoms with van der Waals surface area (Å²) in [5.74, 6) is 2.37. The van der Waals surface area contributed by atoms with Gasteiger partial charge < -0.3 is 19.1 Å². The first-order valence-corrected chi connectivity index (χ1v) is 10.4. The normalized spacial score (nSPS) is 16.9. The molecule has 9 heteroatoms. The third-order valence-electron chi connectivity index (χ3n) is 4.89. The Hall–Kier alpha value is -2.26. The van der Waals surface area contributed by atoms with Gasteiger partial charge in [0.2, 0.25) is 5.95 Å². The van der Waals surface area contributed by atoms with Gasteiger partial charge in [-0.25, -0.2) is 0 Å². The maximum absolute atomic E-state index is 12.7. The second-order valence-electron chi connectivity index (χ2n) is 6.76. The molecule has 150 valence electrons. The first-order valence-electron chi connectivity index (χ1n) is 9.37. The lowest BCUT2D eigenvalue weighted by Crippen LogP contribution is -2.38. The molecule has 1 aromatic carbocycles. The van der Waals surface area contributed by atoms with Gasteiger partial charge in [-0.2, -0.15) is 0 Å². The van der Waals surface area contributed by atoms with Gasteiger partial charge in [-0.3, -0.25) is 9.36 Å². The Morgan fingerprint density at radius 3 is 2.61 bits per heavy atom. The second-order valence-corrected chi connectivity index (χ2v) is 7.71. The molecule has 4 rings (SSSR count). The highest BCUT2D eigenvalue weighted by molar-refractivity contribution is 7.99. The maximum atomic E-state index is 12.7. The number of aromatic nitrogens is 3. The zero-order valence-electron chi connectivity index (χ0n) is 16.1. The minimum atomic E-state index is 0.0178. The van der Waals surface area contributed by atoms with Crippen molar-refractivity contribution in [2.45, 2.75) is 24.0 Å². The molecular formula is C19H24N4O4S. The van der Waals surface area contributed by atoms with E-state index in [1.807, 2.05) is 0 Å². The molecule has 0 unspecified atom stereocenters. The molecule has 0 spiro atoms. The monoisotopic (exact) mass is 404 g/mol. The second kappa shape index (κ2) is 8.40. The standard InChI is InChI=1S/C19H24N4O4S/c1-25-16-6-3-13(11-17(16)26-2)15(24)12-28-19-21-20-18(23(19)14-4-5-14)22-7-9-27-10-8-22/h3,6,11,14H,4-5,7-10,12H2,1-2H3. The SMILES string of the molecule is COc1ccc(C(=O)CSc2nnc(N3CCOCC3)n2C2CC2)cc1OC. The van der Waals surface area contributed by atoms with Gasteiger partial charge in [0, 0.05) is 24.7 Å². The molecule has 1 saturated heterocycles. The lowest BCUT2D eigenvalue weighted by Gasteiger charge is -2.27. The molecule has 0 N–H and O–H groups in total. The smallest absolute Gasteiger partial charge is 0.228 e. The molecule has 0 bridgehead atoms. The minimum Gasteiger partial charge on any atom is -0.493 e. The molecule has 28 heavy (non-hydrogen) atoms. The Morgan fingerprint density at radius 1 is 1.18 bits per heavy atom. The van der Waals surface area contributed by atoms with Crippen LogP contribution in [-0.2, 0) is 4.74 Å². The van der Waals surface area contributed by atoms with E-state index in [-0.39, 0.29) is 5.78 Å². The summed E-state index contributed by atoms with van der Waals surface area (Å²) in [6, 6.07) is 5.66. The van der Waals surface area contributed by atoms with Crippen LogP contribution in [-0.4, -0.2) is 66.8 Å². The van der Waals surface area contributed by atoms with Crippen LogP contribution in [0.3, 0.4) is 0 Å². The Kier molecular flexibility index (Phi) is 5.72. The predicted molar refractivity (Wildman–Crippen MR) is 106 cm³/mol. The van der Waals surface area contributed by atoms with E-state index in [4.69, 9.17) is 14.2 Å². The fourth-order valence-corrected chi connectivity index (χ4v) is 4.12. The van der Waals surface area contributed by atoms with E-state index in [0.717, 1.165) is 37.0 Å². The lowest BCUT2D eigenvalue weighted by atomic mass is 10.1. The number of hydrogen-bond acceptors (Lipinski definition) is 8. The fraction of sp³-hybridized carbons (Fsp3) is 0.526. The summed E-state index contributed by atoms with van der Waals surface area (Å²) in [6.07, 6.45) is 2.26. The number of hydrogen-bond donors (Lipinski definition) is 0. The van der Waals surface area contributed by atoms with Crippen molar-refractivity contribution < 1.29 is 19.0 Å². The van der Waals surface area contributed by atoms with Gasteiger partial charge >= 0.3 is 0 Å². The van der Waals surface area contributed by atoms with Crippen LogP contribution in [0.25, 0.3) is 0 Å². The van der Waals surface area contributed by atoms with Crippen LogP contribution in [0.5, 0.6) is 11.5 Å². The van der Waals surface area contributed by atoms with Crippen LogP contribution in [0.1, 0.15) is 29.2 Å². The van der Waals surface area contributed by atoms with Crippen molar-refractivity contribution in [3.05, 3.63) is 23.8 Å². The minimum absolute atomic E-state index is 0.0178.